The van der Waals surface area contributed by atoms with Crippen LogP contribution in [0.4, 0.5) is 24.5 Å². The lowest BCUT2D eigenvalue weighted by Crippen LogP contribution is -2.48. The fourth-order valence-electron chi connectivity index (χ4n) is 4.94. The summed E-state index contributed by atoms with van der Waals surface area (Å²) in [5, 5.41) is 17.1. The lowest BCUT2D eigenvalue weighted by molar-refractivity contribution is -0.137. The topological polar surface area (TPSA) is 98.7 Å². The van der Waals surface area contributed by atoms with Gasteiger partial charge in [-0.05, 0) is 60.9 Å². The van der Waals surface area contributed by atoms with Gasteiger partial charge in [0.25, 0.3) is 5.91 Å². The molecule has 3 N–H and O–H groups in total. The number of rotatable bonds is 12. The van der Waals surface area contributed by atoms with Gasteiger partial charge >= 0.3 is 6.18 Å². The molecule has 4 rings (SSSR count). The average Bonchev–Trinajstić information content (AvgIpc) is 3.01. The Morgan fingerprint density at radius 1 is 0.891 bits per heavy atom. The number of carbonyl (C=O) groups excluding carboxylic acids is 1. The van der Waals surface area contributed by atoms with Crippen LogP contribution in [0.3, 0.4) is 0 Å². The van der Waals surface area contributed by atoms with E-state index in [0.717, 1.165) is 28.3 Å². The molecule has 0 bridgehead atoms. The summed E-state index contributed by atoms with van der Waals surface area (Å²) in [4.78, 5) is 13.7. The molecule has 1 amide bonds. The number of hydrogen-bond donors (Lipinski definition) is 3. The number of sulfonamides is 1. The smallest absolute Gasteiger partial charge is 0.390 e. The van der Waals surface area contributed by atoms with Crippen LogP contribution in [0.1, 0.15) is 39.5 Å². The number of hydrogen-bond acceptors (Lipinski definition) is 5. The number of nitrogens with one attached hydrogen (secondary N) is 2. The van der Waals surface area contributed by atoms with Crippen molar-refractivity contribution < 1.29 is 31.5 Å². The van der Waals surface area contributed by atoms with Crippen molar-refractivity contribution in [2.75, 3.05) is 17.1 Å². The molecule has 4 aromatic rings. The number of aliphatic hydroxyl groups is 1. The molecule has 0 unspecified atom stereocenters. The van der Waals surface area contributed by atoms with E-state index < -0.39 is 39.8 Å². The van der Waals surface area contributed by atoms with Crippen molar-refractivity contribution in [2.24, 2.45) is 0 Å². The first-order chi connectivity index (χ1) is 21.8. The van der Waals surface area contributed by atoms with E-state index in [1.165, 1.54) is 12.1 Å². The Bertz CT molecular complexity index is 1810. The SMILES string of the molecule is CC#Cc1cc(C(=O)N[C@@H](Cc2ccccc2)[C@H](O)CNCc2cccc(C(F)(F)F)c2)cc(N(c2ccccc2)S(C)(=O)=O)c1. The molecule has 0 saturated carbocycles. The minimum Gasteiger partial charge on any atom is -0.390 e. The van der Waals surface area contributed by atoms with Gasteiger partial charge in [-0.3, -0.25) is 4.79 Å². The second-order valence-electron chi connectivity index (χ2n) is 10.7. The van der Waals surface area contributed by atoms with Gasteiger partial charge in [0.1, 0.15) is 0 Å². The minimum absolute atomic E-state index is 0.0313. The second kappa shape index (κ2) is 15.1. The Morgan fingerprint density at radius 2 is 1.54 bits per heavy atom. The molecule has 0 aromatic heterocycles. The average molecular weight is 650 g/mol. The molecule has 11 heteroatoms. The standard InChI is InChI=1S/C35H34F3N3O4S/c1-3-11-26-18-28(22-31(20-26)41(46(2,44)45)30-16-8-5-9-17-30)34(43)40-32(21-25-12-6-4-7-13-25)33(42)24-39-23-27-14-10-15-29(19-27)35(36,37)38/h4-10,12-20,22,32-33,39,42H,21,23-24H2,1-2H3,(H,40,43)/t32-,33+/m0/s1. The van der Waals surface area contributed by atoms with E-state index in [0.29, 0.717) is 16.8 Å². The summed E-state index contributed by atoms with van der Waals surface area (Å²) in [6.45, 7) is 1.65. The normalized spacial score (nSPS) is 12.8. The van der Waals surface area contributed by atoms with Gasteiger partial charge < -0.3 is 15.7 Å². The first-order valence-electron chi connectivity index (χ1n) is 14.4. The van der Waals surface area contributed by atoms with Crippen molar-refractivity contribution in [1.82, 2.24) is 10.6 Å². The second-order valence-corrected chi connectivity index (χ2v) is 12.5. The quantitative estimate of drug-likeness (QED) is 0.172. The highest BCUT2D eigenvalue weighted by atomic mass is 32.2. The fraction of sp³-hybridized carbons (Fsp3) is 0.229. The Labute approximate surface area is 267 Å². The third-order valence-corrected chi connectivity index (χ3v) is 8.11. The monoisotopic (exact) mass is 649 g/mol. The first kappa shape index (κ1) is 34.2. The maximum atomic E-state index is 13.7. The number of para-hydroxylation sites is 1. The van der Waals surface area contributed by atoms with Crippen LogP contribution >= 0.6 is 0 Å². The number of amides is 1. The lowest BCUT2D eigenvalue weighted by Gasteiger charge is -2.26. The fourth-order valence-corrected chi connectivity index (χ4v) is 5.93. The number of nitrogens with zero attached hydrogens (tertiary/aromatic N) is 1. The molecular formula is C35H34F3N3O4S. The van der Waals surface area contributed by atoms with Crippen LogP contribution in [0.25, 0.3) is 0 Å². The number of halogens is 3. The Kier molecular flexibility index (Phi) is 11.2. The lowest BCUT2D eigenvalue weighted by atomic mass is 10.00. The van der Waals surface area contributed by atoms with Crippen molar-refractivity contribution >= 4 is 27.3 Å². The summed E-state index contributed by atoms with van der Waals surface area (Å²) in [5.74, 6) is 5.10. The maximum Gasteiger partial charge on any atom is 0.416 e. The van der Waals surface area contributed by atoms with E-state index in [9.17, 15) is 31.5 Å². The molecule has 0 fully saturated rings. The zero-order valence-corrected chi connectivity index (χ0v) is 26.1. The molecule has 240 valence electrons. The summed E-state index contributed by atoms with van der Waals surface area (Å²) >= 11 is 0. The van der Waals surface area contributed by atoms with Crippen LogP contribution in [0.5, 0.6) is 0 Å². The largest absolute Gasteiger partial charge is 0.416 e. The Balaban J connectivity index is 1.60. The molecule has 46 heavy (non-hydrogen) atoms. The van der Waals surface area contributed by atoms with E-state index in [-0.39, 0.29) is 30.8 Å². The number of anilines is 2. The highest BCUT2D eigenvalue weighted by molar-refractivity contribution is 7.92. The van der Waals surface area contributed by atoms with Gasteiger partial charge in [-0.1, -0.05) is 72.7 Å². The van der Waals surface area contributed by atoms with Crippen LogP contribution in [-0.4, -0.2) is 44.4 Å². The predicted molar refractivity (Wildman–Crippen MR) is 173 cm³/mol. The summed E-state index contributed by atoms with van der Waals surface area (Å²) in [7, 11) is -3.82. The van der Waals surface area contributed by atoms with Gasteiger partial charge in [0, 0.05) is 24.2 Å². The molecule has 0 aliphatic heterocycles. The highest BCUT2D eigenvalue weighted by Crippen LogP contribution is 2.31. The van der Waals surface area contributed by atoms with Crippen molar-refractivity contribution in [1.29, 1.82) is 0 Å². The van der Waals surface area contributed by atoms with E-state index >= 15 is 0 Å². The number of aliphatic hydroxyl groups excluding tert-OH is 1. The highest BCUT2D eigenvalue weighted by Gasteiger charge is 2.30. The number of carbonyl (C=O) groups is 1. The van der Waals surface area contributed by atoms with Crippen molar-refractivity contribution in [3.63, 3.8) is 0 Å². The predicted octanol–water partition coefficient (Wildman–Crippen LogP) is 5.67. The van der Waals surface area contributed by atoms with Gasteiger partial charge in [0.05, 0.1) is 35.3 Å². The number of benzene rings is 4. The van der Waals surface area contributed by atoms with Crippen molar-refractivity contribution in [3.05, 3.63) is 131 Å². The first-order valence-corrected chi connectivity index (χ1v) is 16.2. The summed E-state index contributed by atoms with van der Waals surface area (Å²) in [5.41, 5.74) is 1.59. The third-order valence-electron chi connectivity index (χ3n) is 7.02. The van der Waals surface area contributed by atoms with Gasteiger partial charge in [-0.25, -0.2) is 12.7 Å². The van der Waals surface area contributed by atoms with E-state index in [2.05, 4.69) is 22.5 Å². The molecule has 0 aliphatic carbocycles. The summed E-state index contributed by atoms with van der Waals surface area (Å²) in [6.07, 6.45) is -4.29. The molecule has 0 radical (unpaired) electrons. The molecular weight excluding hydrogens is 615 g/mol. The van der Waals surface area contributed by atoms with Crippen LogP contribution in [0.2, 0.25) is 0 Å². The van der Waals surface area contributed by atoms with Gasteiger partial charge in [0.2, 0.25) is 10.0 Å². The van der Waals surface area contributed by atoms with Crippen LogP contribution in [-0.2, 0) is 29.2 Å². The van der Waals surface area contributed by atoms with E-state index in [1.807, 2.05) is 30.3 Å². The summed E-state index contributed by atoms with van der Waals surface area (Å²) in [6, 6.07) is 26.3. The molecule has 7 nitrogen and oxygen atoms in total. The van der Waals surface area contributed by atoms with Gasteiger partial charge in [0.15, 0.2) is 0 Å². The molecule has 0 heterocycles. The van der Waals surface area contributed by atoms with E-state index in [1.54, 1.807) is 55.5 Å². The minimum atomic E-state index is -4.47. The number of alkyl halides is 3. The molecule has 0 aliphatic rings. The van der Waals surface area contributed by atoms with Crippen molar-refractivity contribution in [3.8, 4) is 11.8 Å². The zero-order chi connectivity index (χ0) is 33.3. The van der Waals surface area contributed by atoms with Crippen LogP contribution in [0, 0.1) is 11.8 Å². The Morgan fingerprint density at radius 3 is 2.17 bits per heavy atom. The molecule has 0 spiro atoms. The van der Waals surface area contributed by atoms with Gasteiger partial charge in [-0.2, -0.15) is 13.2 Å². The molecule has 4 aromatic carbocycles. The van der Waals surface area contributed by atoms with Crippen LogP contribution < -0.4 is 14.9 Å². The van der Waals surface area contributed by atoms with E-state index in [4.69, 9.17) is 0 Å². The Hall–Kier alpha value is -4.63. The van der Waals surface area contributed by atoms with Crippen molar-refractivity contribution in [2.45, 2.75) is 38.2 Å². The maximum absolute atomic E-state index is 13.7. The zero-order valence-electron chi connectivity index (χ0n) is 25.3. The molecule has 0 saturated heterocycles. The van der Waals surface area contributed by atoms with Gasteiger partial charge in [-0.15, -0.1) is 5.92 Å². The summed E-state index contributed by atoms with van der Waals surface area (Å²) < 4.78 is 66.4. The molecule has 2 atom stereocenters. The van der Waals surface area contributed by atoms with Crippen LogP contribution in [0.15, 0.2) is 103 Å². The third kappa shape index (κ3) is 9.44.